The number of aromatic nitrogens is 1. The average Bonchev–Trinajstić information content (AvgIpc) is 2.72. The molecule has 0 bridgehead atoms. The van der Waals surface area contributed by atoms with Crippen LogP contribution in [0.15, 0.2) is 95.8 Å². The zero-order valence-corrected chi connectivity index (χ0v) is 14.6. The Hall–Kier alpha value is -3.59. The molecular formula is C24H17NO2. The first kappa shape index (κ1) is 15.6. The molecule has 3 heteroatoms. The van der Waals surface area contributed by atoms with E-state index in [1.807, 2.05) is 54.6 Å². The van der Waals surface area contributed by atoms with Gasteiger partial charge in [-0.05, 0) is 39.7 Å². The van der Waals surface area contributed by atoms with E-state index >= 15 is 0 Å². The Balaban J connectivity index is 1.67. The van der Waals surface area contributed by atoms with E-state index in [4.69, 9.17) is 4.84 Å². The van der Waals surface area contributed by atoms with Crippen molar-refractivity contribution in [1.82, 2.24) is 4.73 Å². The van der Waals surface area contributed by atoms with Crippen LogP contribution < -0.4 is 10.4 Å². The van der Waals surface area contributed by atoms with Crippen molar-refractivity contribution in [2.24, 2.45) is 0 Å². The molecule has 5 rings (SSSR count). The summed E-state index contributed by atoms with van der Waals surface area (Å²) in [6, 6.07) is 29.9. The molecule has 5 aromatic rings. The molecule has 1 aromatic heterocycles. The van der Waals surface area contributed by atoms with Gasteiger partial charge in [0.25, 0.3) is 5.56 Å². The molecule has 0 radical (unpaired) electrons. The van der Waals surface area contributed by atoms with Crippen LogP contribution in [0.2, 0.25) is 0 Å². The molecule has 0 spiro atoms. The van der Waals surface area contributed by atoms with Crippen molar-refractivity contribution in [2.45, 2.75) is 6.61 Å². The molecule has 1 heterocycles. The molecule has 0 unspecified atom stereocenters. The summed E-state index contributed by atoms with van der Waals surface area (Å²) in [5, 5.41) is 5.59. The minimum absolute atomic E-state index is 0.168. The van der Waals surface area contributed by atoms with Gasteiger partial charge in [-0.2, -0.15) is 0 Å². The Bertz CT molecular complexity index is 1300. The second kappa shape index (κ2) is 6.29. The summed E-state index contributed by atoms with van der Waals surface area (Å²) in [7, 11) is 0. The van der Waals surface area contributed by atoms with Crippen molar-refractivity contribution in [3.05, 3.63) is 107 Å². The lowest BCUT2D eigenvalue weighted by Crippen LogP contribution is -2.26. The Morgan fingerprint density at radius 1 is 0.667 bits per heavy atom. The normalized spacial score (nSPS) is 11.3. The molecule has 4 aromatic carbocycles. The summed E-state index contributed by atoms with van der Waals surface area (Å²) in [5.74, 6) is 0. The lowest BCUT2D eigenvalue weighted by Gasteiger charge is -2.15. The van der Waals surface area contributed by atoms with Crippen molar-refractivity contribution in [3.8, 4) is 0 Å². The van der Waals surface area contributed by atoms with Crippen LogP contribution >= 0.6 is 0 Å². The smallest absolute Gasteiger partial charge is 0.283 e. The first-order valence-electron chi connectivity index (χ1n) is 8.95. The number of benzene rings is 4. The number of hydrogen-bond donors (Lipinski definition) is 0. The largest absolute Gasteiger partial charge is 0.405 e. The third-order valence-electron chi connectivity index (χ3n) is 4.98. The van der Waals surface area contributed by atoms with E-state index in [9.17, 15) is 4.79 Å². The first-order chi connectivity index (χ1) is 13.3. The van der Waals surface area contributed by atoms with Gasteiger partial charge in [-0.15, -0.1) is 4.73 Å². The van der Waals surface area contributed by atoms with E-state index in [1.54, 1.807) is 6.07 Å². The number of rotatable bonds is 3. The summed E-state index contributed by atoms with van der Waals surface area (Å²) in [6.45, 7) is 0.315. The molecule has 0 amide bonds. The molecule has 0 aliphatic heterocycles. The first-order valence-corrected chi connectivity index (χ1v) is 8.95. The second-order valence-corrected chi connectivity index (χ2v) is 6.60. The summed E-state index contributed by atoms with van der Waals surface area (Å²) < 4.78 is 1.39. The minimum Gasteiger partial charge on any atom is -0.405 e. The number of hydrogen-bond acceptors (Lipinski definition) is 2. The molecule has 0 saturated heterocycles. The molecule has 27 heavy (non-hydrogen) atoms. The van der Waals surface area contributed by atoms with Crippen LogP contribution in [0.3, 0.4) is 0 Å². The van der Waals surface area contributed by atoms with Crippen LogP contribution in [0.5, 0.6) is 0 Å². The second-order valence-electron chi connectivity index (χ2n) is 6.60. The van der Waals surface area contributed by atoms with E-state index < -0.39 is 0 Å². The standard InChI is InChI=1S/C24H17NO2/c26-24-14-13-17-7-3-6-12-23(17)25(24)27-16-22-20-10-4-1-8-18(20)15-19-9-2-5-11-21(19)22/h1-15H,16H2. The van der Waals surface area contributed by atoms with E-state index in [0.717, 1.165) is 27.2 Å². The van der Waals surface area contributed by atoms with E-state index in [-0.39, 0.29) is 5.56 Å². The molecular weight excluding hydrogens is 334 g/mol. The van der Waals surface area contributed by atoms with E-state index in [1.165, 1.54) is 15.5 Å². The van der Waals surface area contributed by atoms with Gasteiger partial charge in [-0.1, -0.05) is 66.7 Å². The van der Waals surface area contributed by atoms with Crippen LogP contribution in [-0.4, -0.2) is 4.73 Å². The van der Waals surface area contributed by atoms with Crippen LogP contribution in [-0.2, 0) is 6.61 Å². The van der Waals surface area contributed by atoms with Gasteiger partial charge in [0.2, 0.25) is 0 Å². The van der Waals surface area contributed by atoms with Gasteiger partial charge in [0.05, 0.1) is 5.52 Å². The van der Waals surface area contributed by atoms with Crippen LogP contribution in [0.4, 0.5) is 0 Å². The molecule has 0 N–H and O–H groups in total. The monoisotopic (exact) mass is 351 g/mol. The molecule has 0 atom stereocenters. The molecule has 130 valence electrons. The summed E-state index contributed by atoms with van der Waals surface area (Å²) in [4.78, 5) is 18.5. The van der Waals surface area contributed by atoms with Crippen molar-refractivity contribution < 1.29 is 4.84 Å². The molecule has 0 aliphatic rings. The highest BCUT2D eigenvalue weighted by molar-refractivity contribution is 6.02. The van der Waals surface area contributed by atoms with Gasteiger partial charge in [0, 0.05) is 17.0 Å². The Morgan fingerprint density at radius 2 is 1.26 bits per heavy atom. The maximum Gasteiger partial charge on any atom is 0.283 e. The summed E-state index contributed by atoms with van der Waals surface area (Å²) >= 11 is 0. The van der Waals surface area contributed by atoms with Gasteiger partial charge >= 0.3 is 0 Å². The zero-order chi connectivity index (χ0) is 18.2. The molecule has 3 nitrogen and oxygen atoms in total. The Kier molecular flexibility index (Phi) is 3.65. The minimum atomic E-state index is -0.168. The third-order valence-corrected chi connectivity index (χ3v) is 4.98. The van der Waals surface area contributed by atoms with Gasteiger partial charge < -0.3 is 4.84 Å². The van der Waals surface area contributed by atoms with Crippen LogP contribution in [0, 0.1) is 0 Å². The molecule has 0 fully saturated rings. The number of para-hydroxylation sites is 1. The number of pyridine rings is 1. The van der Waals surface area contributed by atoms with Crippen molar-refractivity contribution in [2.75, 3.05) is 0 Å². The van der Waals surface area contributed by atoms with Gasteiger partial charge in [0.15, 0.2) is 0 Å². The van der Waals surface area contributed by atoms with Crippen molar-refractivity contribution in [1.29, 1.82) is 0 Å². The zero-order valence-electron chi connectivity index (χ0n) is 14.6. The SMILES string of the molecule is O=c1ccc2ccccc2n1OCc1c2ccccc2cc2ccccc12. The van der Waals surface area contributed by atoms with Gasteiger partial charge in [-0.25, -0.2) is 0 Å². The predicted octanol–water partition coefficient (Wildman–Crippen LogP) is 4.94. The maximum absolute atomic E-state index is 12.4. The molecule has 0 aliphatic carbocycles. The van der Waals surface area contributed by atoms with Crippen molar-refractivity contribution >= 4 is 32.4 Å². The average molecular weight is 351 g/mol. The van der Waals surface area contributed by atoms with Gasteiger partial charge in [0.1, 0.15) is 6.61 Å². The van der Waals surface area contributed by atoms with Gasteiger partial charge in [-0.3, -0.25) is 4.79 Å². The fraction of sp³-hybridized carbons (Fsp3) is 0.0417. The highest BCUT2D eigenvalue weighted by Gasteiger charge is 2.10. The Labute approximate surface area is 156 Å². The maximum atomic E-state index is 12.4. The summed E-state index contributed by atoms with van der Waals surface area (Å²) in [6.07, 6.45) is 0. The quantitative estimate of drug-likeness (QED) is 0.431. The number of fused-ring (bicyclic) bond motifs is 3. The topological polar surface area (TPSA) is 31.2 Å². The predicted molar refractivity (Wildman–Crippen MR) is 110 cm³/mol. The fourth-order valence-electron chi connectivity index (χ4n) is 3.69. The Morgan fingerprint density at radius 3 is 1.96 bits per heavy atom. The molecule has 0 saturated carbocycles. The highest BCUT2D eigenvalue weighted by atomic mass is 16.7. The lowest BCUT2D eigenvalue weighted by atomic mass is 9.97. The summed E-state index contributed by atoms with van der Waals surface area (Å²) in [5.41, 5.74) is 1.69. The van der Waals surface area contributed by atoms with Crippen LogP contribution in [0.25, 0.3) is 32.4 Å². The van der Waals surface area contributed by atoms with E-state index in [0.29, 0.717) is 6.61 Å². The third kappa shape index (κ3) is 2.64. The highest BCUT2D eigenvalue weighted by Crippen LogP contribution is 2.28. The van der Waals surface area contributed by atoms with Crippen LogP contribution in [0.1, 0.15) is 5.56 Å². The lowest BCUT2D eigenvalue weighted by molar-refractivity contribution is 0.101. The van der Waals surface area contributed by atoms with E-state index in [2.05, 4.69) is 30.3 Å². The fourth-order valence-corrected chi connectivity index (χ4v) is 3.69. The number of nitrogens with zero attached hydrogens (tertiary/aromatic N) is 1. The van der Waals surface area contributed by atoms with Crippen molar-refractivity contribution in [3.63, 3.8) is 0 Å².